The fraction of sp³-hybridized carbons (Fsp3) is 0.556. The van der Waals surface area contributed by atoms with E-state index >= 15 is 0 Å². The maximum absolute atomic E-state index is 5.60. The second-order valence-electron chi connectivity index (χ2n) is 6.30. The van der Waals surface area contributed by atoms with Crippen molar-refractivity contribution in [3.8, 4) is 0 Å². The normalized spacial score (nSPS) is 18.5. The predicted octanol–water partition coefficient (Wildman–Crippen LogP) is 5.41. The van der Waals surface area contributed by atoms with Crippen LogP contribution in [0.4, 0.5) is 0 Å². The van der Waals surface area contributed by atoms with Gasteiger partial charge in [0, 0.05) is 36.0 Å². The van der Waals surface area contributed by atoms with Crippen molar-refractivity contribution in [1.29, 1.82) is 0 Å². The Morgan fingerprint density at radius 3 is 1.29 bits per heavy atom. The summed E-state index contributed by atoms with van der Waals surface area (Å²) in [7, 11) is 0. The number of thioether (sulfide) groups is 2. The summed E-state index contributed by atoms with van der Waals surface area (Å²) in [4.78, 5) is 7.13. The number of benzene rings is 1. The van der Waals surface area contributed by atoms with Crippen LogP contribution in [0.15, 0.2) is 34.1 Å². The highest BCUT2D eigenvalue weighted by Gasteiger charge is 2.16. The number of rotatable bonds is 2. The van der Waals surface area contributed by atoms with E-state index < -0.39 is 0 Å². The van der Waals surface area contributed by atoms with Gasteiger partial charge in [0.05, 0.1) is 0 Å². The van der Waals surface area contributed by atoms with Crippen LogP contribution in [-0.2, 0) is 0 Å². The van der Waals surface area contributed by atoms with Crippen LogP contribution in [0.5, 0.6) is 0 Å². The number of likely N-dealkylation sites (tertiary alicyclic amines) is 2. The van der Waals surface area contributed by atoms with Crippen molar-refractivity contribution in [2.45, 2.75) is 48.3 Å². The highest BCUT2D eigenvalue weighted by atomic mass is 32.2. The second kappa shape index (κ2) is 9.41. The summed E-state index contributed by atoms with van der Waals surface area (Å²) in [6.45, 7) is 4.46. The van der Waals surface area contributed by atoms with Crippen molar-refractivity contribution in [1.82, 2.24) is 9.80 Å². The summed E-state index contributed by atoms with van der Waals surface area (Å²) in [6, 6.07) is 8.67. The van der Waals surface area contributed by atoms with E-state index in [1.807, 2.05) is 0 Å². The number of piperidine rings is 2. The largest absolute Gasteiger partial charge is 0.357 e. The Balaban J connectivity index is 1.51. The minimum absolute atomic E-state index is 1.01. The molecule has 6 heteroatoms. The third-order valence-electron chi connectivity index (χ3n) is 4.46. The average Bonchev–Trinajstić information content (AvgIpc) is 2.65. The standard InChI is InChI=1S/C18H24N2S4/c21-17(19-11-3-1-4-12-19)23-15-7-9-16(10-8-15)24-18(22)20-13-5-2-6-14-20/h7-10H,1-6,11-14H2. The van der Waals surface area contributed by atoms with Gasteiger partial charge in [0.25, 0.3) is 0 Å². The molecule has 2 heterocycles. The lowest BCUT2D eigenvalue weighted by Gasteiger charge is -2.28. The minimum atomic E-state index is 1.01. The molecule has 0 amide bonds. The molecule has 0 saturated carbocycles. The summed E-state index contributed by atoms with van der Waals surface area (Å²) in [5.41, 5.74) is 0. The fourth-order valence-corrected chi connectivity index (χ4v) is 5.57. The summed E-state index contributed by atoms with van der Waals surface area (Å²) >= 11 is 14.6. The Morgan fingerprint density at radius 2 is 0.958 bits per heavy atom. The molecule has 0 aliphatic carbocycles. The quantitative estimate of drug-likeness (QED) is 0.483. The van der Waals surface area contributed by atoms with Gasteiger partial charge in [0.2, 0.25) is 0 Å². The fourth-order valence-electron chi connectivity index (χ4n) is 3.06. The Kier molecular flexibility index (Phi) is 7.25. The molecule has 0 radical (unpaired) electrons. The van der Waals surface area contributed by atoms with E-state index in [0.717, 1.165) is 34.8 Å². The van der Waals surface area contributed by atoms with Crippen molar-refractivity contribution in [3.05, 3.63) is 24.3 Å². The van der Waals surface area contributed by atoms with Gasteiger partial charge in [-0.1, -0.05) is 48.0 Å². The van der Waals surface area contributed by atoms with Crippen LogP contribution >= 0.6 is 48.0 Å². The van der Waals surface area contributed by atoms with Crippen LogP contribution in [0.3, 0.4) is 0 Å². The lowest BCUT2D eigenvalue weighted by Crippen LogP contribution is -2.32. The van der Waals surface area contributed by atoms with Crippen LogP contribution < -0.4 is 0 Å². The topological polar surface area (TPSA) is 6.48 Å². The van der Waals surface area contributed by atoms with Gasteiger partial charge in [-0.05, 0) is 62.8 Å². The molecule has 0 N–H and O–H groups in total. The van der Waals surface area contributed by atoms with E-state index in [9.17, 15) is 0 Å². The monoisotopic (exact) mass is 396 g/mol. The Bertz CT molecular complexity index is 510. The molecule has 0 atom stereocenters. The third kappa shape index (κ3) is 5.35. The molecule has 2 fully saturated rings. The van der Waals surface area contributed by atoms with E-state index in [0.29, 0.717) is 0 Å². The number of hydrogen-bond donors (Lipinski definition) is 0. The van der Waals surface area contributed by atoms with Crippen molar-refractivity contribution in [2.75, 3.05) is 26.2 Å². The van der Waals surface area contributed by atoms with Gasteiger partial charge in [-0.25, -0.2) is 0 Å². The Labute approximate surface area is 164 Å². The molecule has 0 unspecified atom stereocenters. The molecular weight excluding hydrogens is 372 g/mol. The van der Waals surface area contributed by atoms with Crippen molar-refractivity contribution in [2.24, 2.45) is 0 Å². The van der Waals surface area contributed by atoms with Crippen molar-refractivity contribution in [3.63, 3.8) is 0 Å². The molecule has 130 valence electrons. The maximum atomic E-state index is 5.60. The zero-order valence-electron chi connectivity index (χ0n) is 13.9. The van der Waals surface area contributed by atoms with Crippen LogP contribution in [0, 0.1) is 0 Å². The van der Waals surface area contributed by atoms with E-state index in [-0.39, 0.29) is 0 Å². The predicted molar refractivity (Wildman–Crippen MR) is 114 cm³/mol. The highest BCUT2D eigenvalue weighted by molar-refractivity contribution is 8.23. The molecule has 1 aromatic carbocycles. The highest BCUT2D eigenvalue weighted by Crippen LogP contribution is 2.28. The Hall–Kier alpha value is -0.300. The molecule has 3 rings (SSSR count). The molecule has 1 aromatic rings. The van der Waals surface area contributed by atoms with E-state index in [1.54, 1.807) is 23.5 Å². The first-order chi connectivity index (χ1) is 11.7. The molecule has 0 bridgehead atoms. The summed E-state index contributed by atoms with van der Waals surface area (Å²) in [5, 5.41) is 0. The second-order valence-corrected chi connectivity index (χ2v) is 9.72. The SMILES string of the molecule is S=C(Sc1ccc(SC(=S)N2CCCCC2)cc1)N1CCCCC1. The van der Waals surface area contributed by atoms with Crippen LogP contribution in [-0.4, -0.2) is 44.6 Å². The number of thiocarbonyl (C=S) groups is 2. The smallest absolute Gasteiger partial charge is 0.141 e. The molecule has 2 aliphatic rings. The zero-order valence-corrected chi connectivity index (χ0v) is 17.2. The molecule has 0 aromatic heterocycles. The van der Waals surface area contributed by atoms with Gasteiger partial charge >= 0.3 is 0 Å². The molecule has 2 nitrogen and oxygen atoms in total. The van der Waals surface area contributed by atoms with Gasteiger partial charge in [-0.3, -0.25) is 0 Å². The van der Waals surface area contributed by atoms with Gasteiger partial charge in [0.15, 0.2) is 0 Å². The molecule has 2 saturated heterocycles. The van der Waals surface area contributed by atoms with Gasteiger partial charge in [-0.15, -0.1) is 0 Å². The van der Waals surface area contributed by atoms with E-state index in [1.165, 1.54) is 48.3 Å². The first-order valence-electron chi connectivity index (χ1n) is 8.76. The first kappa shape index (κ1) is 18.5. The lowest BCUT2D eigenvalue weighted by molar-refractivity contribution is 0.352. The van der Waals surface area contributed by atoms with Gasteiger partial charge in [0.1, 0.15) is 8.64 Å². The summed E-state index contributed by atoms with van der Waals surface area (Å²) in [6.07, 6.45) is 7.75. The maximum Gasteiger partial charge on any atom is 0.141 e. The van der Waals surface area contributed by atoms with E-state index in [4.69, 9.17) is 24.4 Å². The Morgan fingerprint density at radius 1 is 0.625 bits per heavy atom. The van der Waals surface area contributed by atoms with Gasteiger partial charge in [-0.2, -0.15) is 0 Å². The van der Waals surface area contributed by atoms with Crippen molar-refractivity contribution >= 4 is 56.6 Å². The number of nitrogens with zero attached hydrogens (tertiary/aromatic N) is 2. The van der Waals surface area contributed by atoms with E-state index in [2.05, 4.69) is 34.1 Å². The number of hydrogen-bond acceptors (Lipinski definition) is 4. The first-order valence-corrected chi connectivity index (χ1v) is 11.2. The lowest BCUT2D eigenvalue weighted by atomic mass is 10.1. The molecule has 2 aliphatic heterocycles. The van der Waals surface area contributed by atoms with Crippen LogP contribution in [0.25, 0.3) is 0 Å². The molecule has 24 heavy (non-hydrogen) atoms. The minimum Gasteiger partial charge on any atom is -0.357 e. The summed E-state index contributed by atoms with van der Waals surface area (Å²) < 4.78 is 2.03. The van der Waals surface area contributed by atoms with Gasteiger partial charge < -0.3 is 9.80 Å². The zero-order chi connectivity index (χ0) is 16.8. The van der Waals surface area contributed by atoms with Crippen LogP contribution in [0.2, 0.25) is 0 Å². The van der Waals surface area contributed by atoms with Crippen LogP contribution in [0.1, 0.15) is 38.5 Å². The summed E-state index contributed by atoms with van der Waals surface area (Å²) in [5.74, 6) is 0. The third-order valence-corrected chi connectivity index (χ3v) is 7.36. The van der Waals surface area contributed by atoms with Crippen molar-refractivity contribution < 1.29 is 0 Å². The average molecular weight is 397 g/mol. The molecular formula is C18H24N2S4. The molecule has 0 spiro atoms.